The first-order valence-corrected chi connectivity index (χ1v) is 5.93. The van der Waals surface area contributed by atoms with Crippen LogP contribution in [0.4, 0.5) is 0 Å². The first-order chi connectivity index (χ1) is 6.52. The summed E-state index contributed by atoms with van der Waals surface area (Å²) < 4.78 is 0. The number of hydrogen-bond donors (Lipinski definition) is 2. The molecule has 2 atom stereocenters. The van der Waals surface area contributed by atoms with Crippen LogP contribution in [0.25, 0.3) is 0 Å². The van der Waals surface area contributed by atoms with Crippen molar-refractivity contribution in [1.29, 1.82) is 0 Å². The third-order valence-corrected chi connectivity index (χ3v) is 4.02. The highest BCUT2D eigenvalue weighted by Crippen LogP contribution is 2.40. The monoisotopic (exact) mass is 199 g/mol. The van der Waals surface area contributed by atoms with Gasteiger partial charge >= 0.3 is 0 Å². The molecule has 0 aromatic rings. The highest BCUT2D eigenvalue weighted by atomic mass is 16.3. The molecule has 1 aliphatic carbocycles. The summed E-state index contributed by atoms with van der Waals surface area (Å²) in [4.78, 5) is 0. The van der Waals surface area contributed by atoms with Crippen LogP contribution in [0.15, 0.2) is 0 Å². The van der Waals surface area contributed by atoms with E-state index in [0.717, 1.165) is 18.9 Å². The van der Waals surface area contributed by atoms with Crippen LogP contribution in [0.3, 0.4) is 0 Å². The van der Waals surface area contributed by atoms with Gasteiger partial charge < -0.3 is 10.4 Å². The van der Waals surface area contributed by atoms with E-state index in [-0.39, 0.29) is 11.5 Å². The lowest BCUT2D eigenvalue weighted by Gasteiger charge is -2.50. The van der Waals surface area contributed by atoms with Crippen LogP contribution in [-0.4, -0.2) is 23.8 Å². The van der Waals surface area contributed by atoms with Gasteiger partial charge in [0.15, 0.2) is 0 Å². The fourth-order valence-corrected chi connectivity index (χ4v) is 2.14. The van der Waals surface area contributed by atoms with Gasteiger partial charge in [-0.3, -0.25) is 0 Å². The van der Waals surface area contributed by atoms with Crippen molar-refractivity contribution in [3.05, 3.63) is 0 Å². The Morgan fingerprint density at radius 2 is 1.93 bits per heavy atom. The molecule has 0 saturated heterocycles. The van der Waals surface area contributed by atoms with Crippen molar-refractivity contribution in [3.63, 3.8) is 0 Å². The minimum Gasteiger partial charge on any atom is -0.392 e. The van der Waals surface area contributed by atoms with E-state index in [0.29, 0.717) is 6.04 Å². The lowest BCUT2D eigenvalue weighted by molar-refractivity contribution is -0.0733. The molecular weight excluding hydrogens is 174 g/mol. The predicted octanol–water partition coefficient (Wildman–Crippen LogP) is 2.17. The van der Waals surface area contributed by atoms with Gasteiger partial charge in [0.2, 0.25) is 0 Å². The molecule has 0 aromatic carbocycles. The van der Waals surface area contributed by atoms with Crippen LogP contribution in [0.2, 0.25) is 0 Å². The Balaban J connectivity index is 2.26. The minimum absolute atomic E-state index is 0.0754. The molecule has 0 radical (unpaired) electrons. The molecule has 0 aliphatic heterocycles. The summed E-state index contributed by atoms with van der Waals surface area (Å²) in [5, 5.41) is 13.2. The summed E-state index contributed by atoms with van der Waals surface area (Å²) in [5.41, 5.74) is 0.0754. The summed E-state index contributed by atoms with van der Waals surface area (Å²) in [6.45, 7) is 9.89. The molecule has 2 heteroatoms. The zero-order chi connectivity index (χ0) is 10.8. The molecule has 0 bridgehead atoms. The van der Waals surface area contributed by atoms with Crippen LogP contribution >= 0.6 is 0 Å². The van der Waals surface area contributed by atoms with Crippen molar-refractivity contribution < 1.29 is 5.11 Å². The van der Waals surface area contributed by atoms with Crippen LogP contribution < -0.4 is 5.32 Å². The Morgan fingerprint density at radius 3 is 2.29 bits per heavy atom. The van der Waals surface area contributed by atoms with E-state index in [4.69, 9.17) is 0 Å². The number of aliphatic hydroxyl groups excluding tert-OH is 1. The molecule has 1 aliphatic rings. The van der Waals surface area contributed by atoms with Crippen LogP contribution in [-0.2, 0) is 0 Å². The molecule has 84 valence electrons. The Hall–Kier alpha value is -0.0800. The fourth-order valence-electron chi connectivity index (χ4n) is 2.14. The van der Waals surface area contributed by atoms with Crippen molar-refractivity contribution in [1.82, 2.24) is 5.32 Å². The molecule has 0 heterocycles. The van der Waals surface area contributed by atoms with Crippen molar-refractivity contribution in [3.8, 4) is 0 Å². The molecular formula is C12H25NO. The zero-order valence-electron chi connectivity index (χ0n) is 10.0. The van der Waals surface area contributed by atoms with E-state index in [1.165, 1.54) is 12.8 Å². The normalized spacial score (nSPS) is 30.4. The van der Waals surface area contributed by atoms with Gasteiger partial charge in [0, 0.05) is 11.5 Å². The molecule has 1 saturated carbocycles. The van der Waals surface area contributed by atoms with Crippen molar-refractivity contribution in [2.45, 2.75) is 59.1 Å². The van der Waals surface area contributed by atoms with Crippen LogP contribution in [0.1, 0.15) is 47.0 Å². The summed E-state index contributed by atoms with van der Waals surface area (Å²) in [7, 11) is 0. The SMILES string of the molecule is CCC(CC)CNC1CC(O)C1(C)C. The number of rotatable bonds is 5. The maximum Gasteiger partial charge on any atom is 0.0621 e. The van der Waals surface area contributed by atoms with Crippen molar-refractivity contribution in [2.75, 3.05) is 6.54 Å². The van der Waals surface area contributed by atoms with Gasteiger partial charge in [-0.25, -0.2) is 0 Å². The highest BCUT2D eigenvalue weighted by molar-refractivity contribution is 5.01. The number of hydrogen-bond acceptors (Lipinski definition) is 2. The lowest BCUT2D eigenvalue weighted by Crippen LogP contribution is -2.60. The molecule has 2 nitrogen and oxygen atoms in total. The largest absolute Gasteiger partial charge is 0.392 e. The van der Waals surface area contributed by atoms with E-state index in [1.807, 2.05) is 0 Å². The predicted molar refractivity (Wildman–Crippen MR) is 60.3 cm³/mol. The average molecular weight is 199 g/mol. The molecule has 1 fully saturated rings. The van der Waals surface area contributed by atoms with E-state index < -0.39 is 0 Å². The van der Waals surface area contributed by atoms with Gasteiger partial charge in [-0.05, 0) is 18.9 Å². The van der Waals surface area contributed by atoms with E-state index in [2.05, 4.69) is 33.0 Å². The molecule has 2 N–H and O–H groups in total. The second kappa shape index (κ2) is 4.63. The highest BCUT2D eigenvalue weighted by Gasteiger charge is 2.46. The van der Waals surface area contributed by atoms with Crippen LogP contribution in [0.5, 0.6) is 0 Å². The summed E-state index contributed by atoms with van der Waals surface area (Å²) in [6, 6.07) is 0.512. The first kappa shape index (κ1) is 12.0. The third kappa shape index (κ3) is 2.29. The second-order valence-electron chi connectivity index (χ2n) is 5.22. The Kier molecular flexibility index (Phi) is 3.96. The topological polar surface area (TPSA) is 32.3 Å². The van der Waals surface area contributed by atoms with Gasteiger partial charge in [-0.15, -0.1) is 0 Å². The molecule has 2 unspecified atom stereocenters. The van der Waals surface area contributed by atoms with Crippen molar-refractivity contribution >= 4 is 0 Å². The van der Waals surface area contributed by atoms with Gasteiger partial charge in [0.25, 0.3) is 0 Å². The molecule has 0 aromatic heterocycles. The van der Waals surface area contributed by atoms with Gasteiger partial charge in [-0.2, -0.15) is 0 Å². The van der Waals surface area contributed by atoms with Gasteiger partial charge in [0.1, 0.15) is 0 Å². The number of aliphatic hydroxyl groups is 1. The summed E-state index contributed by atoms with van der Waals surface area (Å²) in [6.07, 6.45) is 3.31. The van der Waals surface area contributed by atoms with E-state index in [9.17, 15) is 5.11 Å². The van der Waals surface area contributed by atoms with E-state index >= 15 is 0 Å². The maximum absolute atomic E-state index is 9.59. The minimum atomic E-state index is -0.110. The average Bonchev–Trinajstić information content (AvgIpc) is 2.17. The maximum atomic E-state index is 9.59. The lowest BCUT2D eigenvalue weighted by atomic mass is 9.64. The Labute approximate surface area is 88.1 Å². The molecule has 0 spiro atoms. The number of nitrogens with one attached hydrogen (secondary N) is 1. The van der Waals surface area contributed by atoms with Gasteiger partial charge in [-0.1, -0.05) is 40.5 Å². The molecule has 14 heavy (non-hydrogen) atoms. The third-order valence-electron chi connectivity index (χ3n) is 4.02. The zero-order valence-corrected chi connectivity index (χ0v) is 10.0. The smallest absolute Gasteiger partial charge is 0.0621 e. The fraction of sp³-hybridized carbons (Fsp3) is 1.00. The second-order valence-corrected chi connectivity index (χ2v) is 5.22. The molecule has 0 amide bonds. The summed E-state index contributed by atoms with van der Waals surface area (Å²) >= 11 is 0. The van der Waals surface area contributed by atoms with E-state index in [1.54, 1.807) is 0 Å². The quantitative estimate of drug-likeness (QED) is 0.711. The summed E-state index contributed by atoms with van der Waals surface area (Å²) in [5.74, 6) is 0.795. The van der Waals surface area contributed by atoms with Crippen LogP contribution in [0, 0.1) is 11.3 Å². The first-order valence-electron chi connectivity index (χ1n) is 5.93. The standard InChI is InChI=1S/C12H25NO/c1-5-9(6-2)8-13-10-7-11(14)12(10,3)4/h9-11,13-14H,5-8H2,1-4H3. The van der Waals surface area contributed by atoms with Crippen molar-refractivity contribution in [2.24, 2.45) is 11.3 Å². The Morgan fingerprint density at radius 1 is 1.36 bits per heavy atom. The molecule has 1 rings (SSSR count). The van der Waals surface area contributed by atoms with Gasteiger partial charge in [0.05, 0.1) is 6.10 Å². The Bertz CT molecular complexity index is 175.